The lowest BCUT2D eigenvalue weighted by molar-refractivity contribution is 0.0707. The summed E-state index contributed by atoms with van der Waals surface area (Å²) in [5.41, 5.74) is 2.95. The average Bonchev–Trinajstić information content (AvgIpc) is 2.94. The summed E-state index contributed by atoms with van der Waals surface area (Å²) >= 11 is 1.77. The van der Waals surface area contributed by atoms with Crippen molar-refractivity contribution in [3.63, 3.8) is 0 Å². The van der Waals surface area contributed by atoms with Crippen molar-refractivity contribution in [2.75, 3.05) is 20.2 Å². The van der Waals surface area contributed by atoms with Gasteiger partial charge in [0.15, 0.2) is 0 Å². The van der Waals surface area contributed by atoms with Crippen LogP contribution >= 0.6 is 11.3 Å². The molecule has 0 N–H and O–H groups in total. The highest BCUT2D eigenvalue weighted by atomic mass is 32.1. The van der Waals surface area contributed by atoms with E-state index in [1.54, 1.807) is 18.4 Å². The van der Waals surface area contributed by atoms with E-state index in [4.69, 9.17) is 9.72 Å². The number of carbonyl (C=O) groups excluding carboxylic acids is 1. The number of aromatic nitrogens is 1. The first kappa shape index (κ1) is 17.1. The smallest absolute Gasteiger partial charge is 0.253 e. The van der Waals surface area contributed by atoms with Crippen molar-refractivity contribution in [1.82, 2.24) is 9.88 Å². The van der Waals surface area contributed by atoms with Crippen molar-refractivity contribution >= 4 is 17.2 Å². The van der Waals surface area contributed by atoms with Gasteiger partial charge in [-0.05, 0) is 44.4 Å². The topological polar surface area (TPSA) is 42.4 Å². The van der Waals surface area contributed by atoms with Gasteiger partial charge in [0.1, 0.15) is 0 Å². The molecule has 1 unspecified atom stereocenters. The van der Waals surface area contributed by atoms with Crippen LogP contribution in [0.2, 0.25) is 0 Å². The highest BCUT2D eigenvalue weighted by Gasteiger charge is 2.27. The minimum Gasteiger partial charge on any atom is -0.380 e. The standard InChI is InChI=1S/C19H24N2O2S/c1-13-14(2)24-18(20-13)17-5-4-10-21(11-17)19(22)16-8-6-15(7-9-16)12-23-3/h6-9,17H,4-5,10-12H2,1-3H3. The molecule has 2 aromatic rings. The van der Waals surface area contributed by atoms with E-state index < -0.39 is 0 Å². The van der Waals surface area contributed by atoms with Gasteiger partial charge in [-0.1, -0.05) is 12.1 Å². The molecule has 1 atom stereocenters. The van der Waals surface area contributed by atoms with E-state index in [2.05, 4.69) is 13.8 Å². The Balaban J connectivity index is 1.70. The molecule has 1 saturated heterocycles. The Morgan fingerprint density at radius 1 is 1.33 bits per heavy atom. The number of nitrogens with zero attached hydrogens (tertiary/aromatic N) is 2. The number of hydrogen-bond acceptors (Lipinski definition) is 4. The molecule has 0 bridgehead atoms. The van der Waals surface area contributed by atoms with Crippen LogP contribution in [0.1, 0.15) is 50.3 Å². The second kappa shape index (κ2) is 7.45. The maximum absolute atomic E-state index is 12.8. The lowest BCUT2D eigenvalue weighted by Crippen LogP contribution is -2.39. The maximum atomic E-state index is 12.8. The molecular weight excluding hydrogens is 320 g/mol. The molecule has 0 saturated carbocycles. The van der Waals surface area contributed by atoms with Gasteiger partial charge < -0.3 is 9.64 Å². The average molecular weight is 344 g/mol. The molecule has 1 aliphatic rings. The molecule has 0 radical (unpaired) electrons. The predicted octanol–water partition coefficient (Wildman–Crippen LogP) is 3.93. The Morgan fingerprint density at radius 2 is 2.08 bits per heavy atom. The second-order valence-electron chi connectivity index (χ2n) is 6.41. The molecule has 1 amide bonds. The van der Waals surface area contributed by atoms with Gasteiger partial charge in [0.25, 0.3) is 5.91 Å². The van der Waals surface area contributed by atoms with Crippen molar-refractivity contribution in [2.45, 2.75) is 39.2 Å². The van der Waals surface area contributed by atoms with Crippen LogP contribution in [0.5, 0.6) is 0 Å². The molecule has 3 rings (SSSR count). The van der Waals surface area contributed by atoms with Gasteiger partial charge in [0, 0.05) is 36.6 Å². The Morgan fingerprint density at radius 3 is 2.71 bits per heavy atom. The summed E-state index contributed by atoms with van der Waals surface area (Å²) in [5, 5.41) is 1.18. The fourth-order valence-corrected chi connectivity index (χ4v) is 4.18. The van der Waals surface area contributed by atoms with Gasteiger partial charge in [-0.2, -0.15) is 0 Å². The quantitative estimate of drug-likeness (QED) is 0.844. The molecule has 4 nitrogen and oxygen atoms in total. The number of carbonyl (C=O) groups is 1. The van der Waals surface area contributed by atoms with E-state index >= 15 is 0 Å². The lowest BCUT2D eigenvalue weighted by Gasteiger charge is -2.32. The van der Waals surface area contributed by atoms with Crippen LogP contribution in [-0.2, 0) is 11.3 Å². The minimum absolute atomic E-state index is 0.119. The number of aryl methyl sites for hydroxylation is 2. The van der Waals surface area contributed by atoms with Crippen molar-refractivity contribution < 1.29 is 9.53 Å². The van der Waals surface area contributed by atoms with E-state index in [1.165, 1.54) is 9.88 Å². The highest BCUT2D eigenvalue weighted by molar-refractivity contribution is 7.11. The third-order valence-electron chi connectivity index (χ3n) is 4.61. The molecule has 5 heteroatoms. The van der Waals surface area contributed by atoms with Crippen LogP contribution in [-0.4, -0.2) is 36.0 Å². The summed E-state index contributed by atoms with van der Waals surface area (Å²) in [5.74, 6) is 0.488. The summed E-state index contributed by atoms with van der Waals surface area (Å²) in [4.78, 5) is 20.8. The van der Waals surface area contributed by atoms with Crippen LogP contribution < -0.4 is 0 Å². The summed E-state index contributed by atoms with van der Waals surface area (Å²) in [6.07, 6.45) is 2.15. The second-order valence-corrected chi connectivity index (χ2v) is 7.65. The van der Waals surface area contributed by atoms with Gasteiger partial charge in [-0.15, -0.1) is 11.3 Å². The van der Waals surface area contributed by atoms with Crippen LogP contribution in [0.3, 0.4) is 0 Å². The van der Waals surface area contributed by atoms with Gasteiger partial charge >= 0.3 is 0 Å². The molecule has 1 aromatic heterocycles. The highest BCUT2D eigenvalue weighted by Crippen LogP contribution is 2.31. The predicted molar refractivity (Wildman–Crippen MR) is 96.6 cm³/mol. The van der Waals surface area contributed by atoms with Gasteiger partial charge in [0.2, 0.25) is 0 Å². The van der Waals surface area contributed by atoms with E-state index in [9.17, 15) is 4.79 Å². The Bertz CT molecular complexity index is 689. The first-order chi connectivity index (χ1) is 11.6. The van der Waals surface area contributed by atoms with Gasteiger partial charge in [-0.3, -0.25) is 4.79 Å². The molecule has 1 aliphatic heterocycles. The summed E-state index contributed by atoms with van der Waals surface area (Å²) < 4.78 is 5.12. The fraction of sp³-hybridized carbons (Fsp3) is 0.474. The molecule has 2 heterocycles. The van der Waals surface area contributed by atoms with E-state index in [0.717, 1.165) is 42.8 Å². The minimum atomic E-state index is 0.119. The Hall–Kier alpha value is -1.72. The van der Waals surface area contributed by atoms with Crippen LogP contribution in [0.25, 0.3) is 0 Å². The first-order valence-electron chi connectivity index (χ1n) is 8.39. The molecule has 128 valence electrons. The third kappa shape index (κ3) is 3.68. The Labute approximate surface area is 147 Å². The number of ether oxygens (including phenoxy) is 1. The molecule has 0 spiro atoms. The van der Waals surface area contributed by atoms with Crippen molar-refractivity contribution in [2.24, 2.45) is 0 Å². The molecule has 1 fully saturated rings. The molecule has 0 aliphatic carbocycles. The van der Waals surface area contributed by atoms with Crippen LogP contribution in [0.4, 0.5) is 0 Å². The fourth-order valence-electron chi connectivity index (χ4n) is 3.13. The van der Waals surface area contributed by atoms with Gasteiger partial charge in [0.05, 0.1) is 17.3 Å². The zero-order valence-electron chi connectivity index (χ0n) is 14.5. The number of likely N-dealkylation sites (tertiary alicyclic amines) is 1. The number of methoxy groups -OCH3 is 1. The largest absolute Gasteiger partial charge is 0.380 e. The molecular formula is C19H24N2O2S. The number of rotatable bonds is 4. The normalized spacial score (nSPS) is 18.0. The van der Waals surface area contributed by atoms with Crippen molar-refractivity contribution in [3.05, 3.63) is 51.0 Å². The van der Waals surface area contributed by atoms with Crippen molar-refractivity contribution in [1.29, 1.82) is 0 Å². The molecule has 1 aromatic carbocycles. The van der Waals surface area contributed by atoms with Gasteiger partial charge in [-0.25, -0.2) is 4.98 Å². The van der Waals surface area contributed by atoms with Crippen molar-refractivity contribution in [3.8, 4) is 0 Å². The summed E-state index contributed by atoms with van der Waals surface area (Å²) in [7, 11) is 1.68. The molecule has 24 heavy (non-hydrogen) atoms. The van der Waals surface area contributed by atoms with Crippen LogP contribution in [0, 0.1) is 13.8 Å². The third-order valence-corrected chi connectivity index (χ3v) is 5.85. The zero-order chi connectivity index (χ0) is 17.1. The number of piperidine rings is 1. The number of thiazole rings is 1. The Kier molecular flexibility index (Phi) is 5.31. The van der Waals surface area contributed by atoms with Crippen LogP contribution in [0.15, 0.2) is 24.3 Å². The monoisotopic (exact) mass is 344 g/mol. The zero-order valence-corrected chi connectivity index (χ0v) is 15.4. The summed E-state index contributed by atoms with van der Waals surface area (Å²) in [6, 6.07) is 7.73. The number of benzene rings is 1. The maximum Gasteiger partial charge on any atom is 0.253 e. The summed E-state index contributed by atoms with van der Waals surface area (Å²) in [6.45, 7) is 6.35. The van der Waals surface area contributed by atoms with E-state index in [1.807, 2.05) is 29.2 Å². The number of hydrogen-bond donors (Lipinski definition) is 0. The van der Waals surface area contributed by atoms with E-state index in [-0.39, 0.29) is 5.91 Å². The number of amides is 1. The lowest BCUT2D eigenvalue weighted by atomic mass is 9.98. The first-order valence-corrected chi connectivity index (χ1v) is 9.21. The van der Waals surface area contributed by atoms with E-state index in [0.29, 0.717) is 12.5 Å². The SMILES string of the molecule is COCc1ccc(C(=O)N2CCCC(c3nc(C)c(C)s3)C2)cc1.